The lowest BCUT2D eigenvalue weighted by atomic mass is 9.34. The largest absolute Gasteiger partial charge is 0.481 e. The molecule has 1 aromatic carbocycles. The van der Waals surface area contributed by atoms with Gasteiger partial charge in [0.1, 0.15) is 11.6 Å². The van der Waals surface area contributed by atoms with Gasteiger partial charge in [-0.3, -0.25) is 4.79 Å². The third kappa shape index (κ3) is 4.99. The summed E-state index contributed by atoms with van der Waals surface area (Å²) >= 11 is 0. The maximum Gasteiger partial charge on any atom is 0.319 e. The van der Waals surface area contributed by atoms with E-state index in [0.717, 1.165) is 25.3 Å². The van der Waals surface area contributed by atoms with Crippen LogP contribution < -0.4 is 9.47 Å². The lowest BCUT2D eigenvalue weighted by molar-refractivity contribution is -0.223. The first kappa shape index (κ1) is 23.6. The fourth-order valence-electron chi connectivity index (χ4n) is 6.14. The SMILES string of the molecule is COc1ccnc(OCC23CC(CCCCCC(=O)N4N=CCC4c4cc(F)cc(F)c4)(C2)C3)n1. The van der Waals surface area contributed by atoms with E-state index in [1.165, 1.54) is 42.8 Å². The summed E-state index contributed by atoms with van der Waals surface area (Å²) in [6.45, 7) is 0.642. The Hall–Kier alpha value is -3.10. The second kappa shape index (κ2) is 9.51. The van der Waals surface area contributed by atoms with Crippen molar-refractivity contribution in [3.05, 3.63) is 47.7 Å². The second-order valence-electron chi connectivity index (χ2n) is 10.3. The molecule has 9 heteroatoms. The first-order valence-corrected chi connectivity index (χ1v) is 12.2. The van der Waals surface area contributed by atoms with E-state index in [4.69, 9.17) is 9.47 Å². The molecular formula is C26H30F2N4O3. The van der Waals surface area contributed by atoms with Crippen molar-refractivity contribution in [2.75, 3.05) is 13.7 Å². The first-order chi connectivity index (χ1) is 16.9. The quantitative estimate of drug-likeness (QED) is 0.409. The van der Waals surface area contributed by atoms with Gasteiger partial charge in [-0.25, -0.2) is 18.8 Å². The van der Waals surface area contributed by atoms with Crippen molar-refractivity contribution in [2.24, 2.45) is 15.9 Å². The predicted molar refractivity (Wildman–Crippen MR) is 125 cm³/mol. The maximum atomic E-state index is 13.6. The fraction of sp³-hybridized carbons (Fsp3) is 0.538. The van der Waals surface area contributed by atoms with Gasteiger partial charge in [-0.2, -0.15) is 10.1 Å². The van der Waals surface area contributed by atoms with Crippen LogP contribution in [0.3, 0.4) is 0 Å². The Morgan fingerprint density at radius 2 is 1.89 bits per heavy atom. The Morgan fingerprint density at radius 1 is 1.11 bits per heavy atom. The highest BCUT2D eigenvalue weighted by atomic mass is 19.1. The number of halogens is 2. The zero-order valence-corrected chi connectivity index (χ0v) is 19.9. The van der Waals surface area contributed by atoms with E-state index in [1.807, 2.05) is 0 Å². The number of aromatic nitrogens is 2. The molecule has 1 amide bonds. The van der Waals surface area contributed by atoms with Crippen molar-refractivity contribution >= 4 is 12.1 Å². The van der Waals surface area contributed by atoms with Gasteiger partial charge in [-0.1, -0.05) is 12.8 Å². The van der Waals surface area contributed by atoms with Gasteiger partial charge in [0.25, 0.3) is 0 Å². The van der Waals surface area contributed by atoms with Crippen molar-refractivity contribution in [3.63, 3.8) is 0 Å². The summed E-state index contributed by atoms with van der Waals surface area (Å²) < 4.78 is 38.1. The number of benzene rings is 1. The summed E-state index contributed by atoms with van der Waals surface area (Å²) in [5.74, 6) is -0.892. The van der Waals surface area contributed by atoms with Gasteiger partial charge in [0, 0.05) is 42.8 Å². The minimum atomic E-state index is -0.644. The summed E-state index contributed by atoms with van der Waals surface area (Å²) in [4.78, 5) is 21.0. The number of hydrogen-bond acceptors (Lipinski definition) is 6. The molecule has 2 bridgehead atoms. The number of carbonyl (C=O) groups excluding carboxylic acids is 1. The van der Waals surface area contributed by atoms with E-state index < -0.39 is 17.7 Å². The Bertz CT molecular complexity index is 1090. The third-order valence-corrected chi connectivity index (χ3v) is 7.53. The highest BCUT2D eigenvalue weighted by Crippen LogP contribution is 2.75. The number of ether oxygens (including phenoxy) is 2. The van der Waals surface area contributed by atoms with Crippen LogP contribution in [0.5, 0.6) is 11.9 Å². The van der Waals surface area contributed by atoms with Crippen LogP contribution in [0.2, 0.25) is 0 Å². The number of nitrogens with zero attached hydrogens (tertiary/aromatic N) is 4. The topological polar surface area (TPSA) is 76.9 Å². The van der Waals surface area contributed by atoms with Crippen molar-refractivity contribution in [3.8, 4) is 11.9 Å². The number of hydrogen-bond donors (Lipinski definition) is 0. The number of carbonyl (C=O) groups is 1. The first-order valence-electron chi connectivity index (χ1n) is 12.2. The van der Waals surface area contributed by atoms with Gasteiger partial charge < -0.3 is 9.47 Å². The Labute approximate surface area is 203 Å². The molecule has 1 unspecified atom stereocenters. The molecule has 186 valence electrons. The summed E-state index contributed by atoms with van der Waals surface area (Å²) in [7, 11) is 1.57. The van der Waals surface area contributed by atoms with Crippen LogP contribution in [0.15, 0.2) is 35.6 Å². The third-order valence-electron chi connectivity index (χ3n) is 7.53. The van der Waals surface area contributed by atoms with Gasteiger partial charge in [0.15, 0.2) is 0 Å². The number of hydrazone groups is 1. The van der Waals surface area contributed by atoms with Crippen LogP contribution in [-0.2, 0) is 4.79 Å². The molecule has 0 spiro atoms. The molecule has 3 saturated carbocycles. The van der Waals surface area contributed by atoms with Gasteiger partial charge in [0.2, 0.25) is 11.8 Å². The Balaban J connectivity index is 0.996. The molecule has 3 aliphatic carbocycles. The molecule has 2 aromatic rings. The smallest absolute Gasteiger partial charge is 0.319 e. The van der Waals surface area contributed by atoms with Gasteiger partial charge in [0.05, 0.1) is 19.8 Å². The molecule has 3 fully saturated rings. The van der Waals surface area contributed by atoms with Crippen LogP contribution in [0.1, 0.15) is 69.4 Å². The average molecular weight is 485 g/mol. The van der Waals surface area contributed by atoms with Gasteiger partial charge >= 0.3 is 6.01 Å². The average Bonchev–Trinajstić information content (AvgIpc) is 3.28. The van der Waals surface area contributed by atoms with E-state index in [-0.39, 0.29) is 11.3 Å². The minimum Gasteiger partial charge on any atom is -0.481 e. The minimum absolute atomic E-state index is 0.102. The van der Waals surface area contributed by atoms with E-state index in [9.17, 15) is 13.6 Å². The molecule has 7 nitrogen and oxygen atoms in total. The van der Waals surface area contributed by atoms with Gasteiger partial charge in [-0.05, 0) is 55.2 Å². The van der Waals surface area contributed by atoms with E-state index in [1.54, 1.807) is 25.6 Å². The standard InChI is InChI=1S/C26H30F2N4O3/c1-34-22-7-9-29-24(31-22)35-17-26-14-25(15-26,16-26)8-4-2-3-5-23(33)32-21(6-10-30-32)18-11-19(27)13-20(28)12-18/h7,9-13,21H,2-6,8,14-17H2,1H3. The van der Waals surface area contributed by atoms with Crippen LogP contribution in [0, 0.1) is 22.5 Å². The molecular weight excluding hydrogens is 454 g/mol. The zero-order valence-electron chi connectivity index (χ0n) is 19.9. The van der Waals surface area contributed by atoms with Crippen molar-refractivity contribution in [1.29, 1.82) is 0 Å². The normalized spacial score (nSPS) is 26.3. The summed E-state index contributed by atoms with van der Waals surface area (Å²) in [5, 5.41) is 5.54. The summed E-state index contributed by atoms with van der Waals surface area (Å²) in [6, 6.07) is 5.00. The Morgan fingerprint density at radius 3 is 2.63 bits per heavy atom. The molecule has 6 rings (SSSR count). The lowest BCUT2D eigenvalue weighted by Gasteiger charge is -2.71. The maximum absolute atomic E-state index is 13.6. The van der Waals surface area contributed by atoms with Crippen molar-refractivity contribution in [1.82, 2.24) is 15.0 Å². The van der Waals surface area contributed by atoms with Gasteiger partial charge in [-0.15, -0.1) is 0 Å². The Kier molecular flexibility index (Phi) is 6.42. The molecule has 4 aliphatic rings. The van der Waals surface area contributed by atoms with Crippen LogP contribution in [0.4, 0.5) is 8.78 Å². The molecule has 1 aromatic heterocycles. The molecule has 35 heavy (non-hydrogen) atoms. The van der Waals surface area contributed by atoms with Crippen LogP contribution in [0.25, 0.3) is 0 Å². The predicted octanol–water partition coefficient (Wildman–Crippen LogP) is 5.22. The highest BCUT2D eigenvalue weighted by molar-refractivity contribution is 5.79. The van der Waals surface area contributed by atoms with Crippen molar-refractivity contribution in [2.45, 2.75) is 63.8 Å². The fourth-order valence-corrected chi connectivity index (χ4v) is 6.14. The highest BCUT2D eigenvalue weighted by Gasteiger charge is 2.67. The zero-order chi connectivity index (χ0) is 24.5. The van der Waals surface area contributed by atoms with Crippen molar-refractivity contribution < 1.29 is 23.0 Å². The van der Waals surface area contributed by atoms with Crippen LogP contribution in [-0.4, -0.2) is 40.8 Å². The number of rotatable bonds is 11. The van der Waals surface area contributed by atoms with E-state index >= 15 is 0 Å². The summed E-state index contributed by atoms with van der Waals surface area (Å²) in [6.07, 6.45) is 11.7. The number of unbranched alkanes of at least 4 members (excludes halogenated alkanes) is 2. The molecule has 0 saturated heterocycles. The second-order valence-corrected chi connectivity index (χ2v) is 10.3. The molecule has 0 radical (unpaired) electrons. The summed E-state index contributed by atoms with van der Waals surface area (Å²) in [5.41, 5.74) is 1.14. The van der Waals surface area contributed by atoms with Crippen LogP contribution >= 0.6 is 0 Å². The molecule has 1 aliphatic heterocycles. The van der Waals surface area contributed by atoms with E-state index in [0.29, 0.717) is 42.3 Å². The molecule has 2 heterocycles. The molecule has 1 atom stereocenters. The monoisotopic (exact) mass is 484 g/mol. The lowest BCUT2D eigenvalue weighted by Crippen LogP contribution is -2.63. The molecule has 0 N–H and O–H groups in total. The number of amides is 1. The van der Waals surface area contributed by atoms with E-state index in [2.05, 4.69) is 15.1 Å². The number of methoxy groups -OCH3 is 1.